The zero-order valence-corrected chi connectivity index (χ0v) is 9.95. The minimum atomic E-state index is 0.251. The topological polar surface area (TPSA) is 24.5 Å². The molecule has 0 aliphatic carbocycles. The molecule has 15 heavy (non-hydrogen) atoms. The van der Waals surface area contributed by atoms with Crippen LogP contribution in [0.3, 0.4) is 0 Å². The van der Waals surface area contributed by atoms with Crippen LogP contribution in [-0.4, -0.2) is 32.6 Å². The Balaban J connectivity index is 2.77. The number of hydrogen-bond donors (Lipinski definition) is 1. The van der Waals surface area contributed by atoms with Crippen molar-refractivity contribution in [1.29, 1.82) is 0 Å². The van der Waals surface area contributed by atoms with E-state index in [1.807, 2.05) is 26.1 Å². The van der Waals surface area contributed by atoms with Gasteiger partial charge < -0.3 is 10.1 Å². The third kappa shape index (κ3) is 3.22. The van der Waals surface area contributed by atoms with Crippen molar-refractivity contribution in [1.82, 2.24) is 10.2 Å². The lowest BCUT2D eigenvalue weighted by Gasteiger charge is -2.24. The number of rotatable bonds is 5. The monoisotopic (exact) mass is 208 g/mol. The molecule has 0 aromatic heterocycles. The standard InChI is InChI=1S/C12H20N2O/c1-5-15-11-8-6-10(7-9-11)12(13-2)14(3)4/h6-9,12-13H,5H2,1-4H3. The Bertz CT molecular complexity index is 282. The zero-order valence-electron chi connectivity index (χ0n) is 9.95. The lowest BCUT2D eigenvalue weighted by molar-refractivity contribution is 0.264. The van der Waals surface area contributed by atoms with Crippen LogP contribution in [-0.2, 0) is 0 Å². The van der Waals surface area contributed by atoms with Crippen molar-refractivity contribution < 1.29 is 4.74 Å². The molecule has 0 radical (unpaired) electrons. The molecule has 0 aliphatic rings. The first kappa shape index (κ1) is 12.0. The van der Waals surface area contributed by atoms with Crippen molar-refractivity contribution >= 4 is 0 Å². The van der Waals surface area contributed by atoms with Gasteiger partial charge in [0, 0.05) is 0 Å². The van der Waals surface area contributed by atoms with E-state index in [0.29, 0.717) is 6.61 Å². The second kappa shape index (κ2) is 5.73. The SMILES string of the molecule is CCOc1ccc(C(NC)N(C)C)cc1. The molecule has 1 aromatic carbocycles. The van der Waals surface area contributed by atoms with Gasteiger partial charge in [-0.2, -0.15) is 0 Å². The average Bonchev–Trinajstić information content (AvgIpc) is 2.21. The van der Waals surface area contributed by atoms with E-state index in [4.69, 9.17) is 4.74 Å². The van der Waals surface area contributed by atoms with Crippen LogP contribution in [0.25, 0.3) is 0 Å². The van der Waals surface area contributed by atoms with Crippen LogP contribution >= 0.6 is 0 Å². The second-order valence-corrected chi connectivity index (χ2v) is 3.66. The van der Waals surface area contributed by atoms with Crippen LogP contribution in [0.15, 0.2) is 24.3 Å². The third-order valence-electron chi connectivity index (χ3n) is 2.30. The summed E-state index contributed by atoms with van der Waals surface area (Å²) in [6, 6.07) is 8.19. The number of nitrogens with zero attached hydrogens (tertiary/aromatic N) is 1. The molecular formula is C12H20N2O. The zero-order chi connectivity index (χ0) is 11.3. The molecule has 0 saturated heterocycles. The average molecular weight is 208 g/mol. The Labute approximate surface area is 92.0 Å². The Hall–Kier alpha value is -1.06. The first-order chi connectivity index (χ1) is 7.19. The molecule has 0 fully saturated rings. The summed E-state index contributed by atoms with van der Waals surface area (Å²) in [5, 5.41) is 3.25. The van der Waals surface area contributed by atoms with Crippen molar-refractivity contribution in [3.8, 4) is 5.75 Å². The van der Waals surface area contributed by atoms with E-state index in [-0.39, 0.29) is 6.17 Å². The van der Waals surface area contributed by atoms with Gasteiger partial charge in [0.25, 0.3) is 0 Å². The highest BCUT2D eigenvalue weighted by molar-refractivity contribution is 5.28. The molecule has 0 amide bonds. The molecule has 3 heteroatoms. The molecule has 1 atom stereocenters. The Morgan fingerprint density at radius 2 is 1.87 bits per heavy atom. The number of ether oxygens (including phenoxy) is 1. The summed E-state index contributed by atoms with van der Waals surface area (Å²) in [6.07, 6.45) is 0.251. The summed E-state index contributed by atoms with van der Waals surface area (Å²) in [5.74, 6) is 0.926. The maximum absolute atomic E-state index is 5.40. The van der Waals surface area contributed by atoms with Crippen LogP contribution in [0.1, 0.15) is 18.7 Å². The summed E-state index contributed by atoms with van der Waals surface area (Å²) in [5.41, 5.74) is 1.24. The van der Waals surface area contributed by atoms with Crippen molar-refractivity contribution in [2.75, 3.05) is 27.7 Å². The fraction of sp³-hybridized carbons (Fsp3) is 0.500. The predicted octanol–water partition coefficient (Wildman–Crippen LogP) is 1.86. The summed E-state index contributed by atoms with van der Waals surface area (Å²) in [6.45, 7) is 2.70. The minimum absolute atomic E-state index is 0.251. The van der Waals surface area contributed by atoms with Gasteiger partial charge in [-0.3, -0.25) is 4.90 Å². The molecule has 1 unspecified atom stereocenters. The molecule has 0 heterocycles. The van der Waals surface area contributed by atoms with Crippen LogP contribution in [0, 0.1) is 0 Å². The molecule has 0 spiro atoms. The first-order valence-electron chi connectivity index (χ1n) is 5.25. The summed E-state index contributed by atoms with van der Waals surface area (Å²) >= 11 is 0. The van der Waals surface area contributed by atoms with Crippen LogP contribution in [0.5, 0.6) is 5.75 Å². The van der Waals surface area contributed by atoms with Crippen LogP contribution in [0.4, 0.5) is 0 Å². The van der Waals surface area contributed by atoms with Gasteiger partial charge >= 0.3 is 0 Å². The lowest BCUT2D eigenvalue weighted by atomic mass is 10.1. The Kier molecular flexibility index (Phi) is 4.59. The smallest absolute Gasteiger partial charge is 0.119 e. The highest BCUT2D eigenvalue weighted by atomic mass is 16.5. The van der Waals surface area contributed by atoms with Gasteiger partial charge in [0.2, 0.25) is 0 Å². The predicted molar refractivity (Wildman–Crippen MR) is 63.1 cm³/mol. The number of hydrogen-bond acceptors (Lipinski definition) is 3. The van der Waals surface area contributed by atoms with Gasteiger partial charge in [-0.1, -0.05) is 12.1 Å². The highest BCUT2D eigenvalue weighted by Gasteiger charge is 2.10. The van der Waals surface area contributed by atoms with Gasteiger partial charge in [-0.25, -0.2) is 0 Å². The maximum atomic E-state index is 5.40. The second-order valence-electron chi connectivity index (χ2n) is 3.66. The molecule has 0 aliphatic heterocycles. The lowest BCUT2D eigenvalue weighted by Crippen LogP contribution is -2.30. The van der Waals surface area contributed by atoms with E-state index in [0.717, 1.165) is 5.75 Å². The summed E-state index contributed by atoms with van der Waals surface area (Å²) < 4.78 is 5.40. The number of nitrogens with one attached hydrogen (secondary N) is 1. The first-order valence-corrected chi connectivity index (χ1v) is 5.25. The van der Waals surface area contributed by atoms with Crippen LogP contribution in [0.2, 0.25) is 0 Å². The Morgan fingerprint density at radius 1 is 1.27 bits per heavy atom. The van der Waals surface area contributed by atoms with E-state index in [9.17, 15) is 0 Å². The van der Waals surface area contributed by atoms with Crippen molar-refractivity contribution in [3.05, 3.63) is 29.8 Å². The highest BCUT2D eigenvalue weighted by Crippen LogP contribution is 2.18. The normalized spacial score (nSPS) is 12.9. The molecule has 3 nitrogen and oxygen atoms in total. The molecule has 1 rings (SSSR count). The van der Waals surface area contributed by atoms with Crippen molar-refractivity contribution in [2.24, 2.45) is 0 Å². The van der Waals surface area contributed by atoms with Crippen molar-refractivity contribution in [2.45, 2.75) is 13.1 Å². The van der Waals surface area contributed by atoms with Gasteiger partial charge in [0.15, 0.2) is 0 Å². The van der Waals surface area contributed by atoms with Crippen LogP contribution < -0.4 is 10.1 Å². The molecular weight excluding hydrogens is 188 g/mol. The molecule has 0 saturated carbocycles. The molecule has 1 N–H and O–H groups in total. The fourth-order valence-corrected chi connectivity index (χ4v) is 1.64. The Morgan fingerprint density at radius 3 is 2.27 bits per heavy atom. The quantitative estimate of drug-likeness (QED) is 0.748. The summed E-state index contributed by atoms with van der Waals surface area (Å²) in [4.78, 5) is 2.13. The van der Waals surface area contributed by atoms with E-state index in [2.05, 4.69) is 36.4 Å². The van der Waals surface area contributed by atoms with E-state index < -0.39 is 0 Å². The van der Waals surface area contributed by atoms with E-state index >= 15 is 0 Å². The van der Waals surface area contributed by atoms with Gasteiger partial charge in [0.1, 0.15) is 5.75 Å². The van der Waals surface area contributed by atoms with Gasteiger partial charge in [-0.05, 0) is 45.8 Å². The molecule has 0 bridgehead atoms. The van der Waals surface area contributed by atoms with Gasteiger partial charge in [0.05, 0.1) is 12.8 Å². The third-order valence-corrected chi connectivity index (χ3v) is 2.30. The summed E-state index contributed by atoms with van der Waals surface area (Å²) in [7, 11) is 6.07. The number of benzene rings is 1. The fourth-order valence-electron chi connectivity index (χ4n) is 1.64. The minimum Gasteiger partial charge on any atom is -0.494 e. The van der Waals surface area contributed by atoms with Crippen molar-refractivity contribution in [3.63, 3.8) is 0 Å². The molecule has 1 aromatic rings. The largest absolute Gasteiger partial charge is 0.494 e. The van der Waals surface area contributed by atoms with Gasteiger partial charge in [-0.15, -0.1) is 0 Å². The van der Waals surface area contributed by atoms with E-state index in [1.54, 1.807) is 0 Å². The molecule has 84 valence electrons. The van der Waals surface area contributed by atoms with E-state index in [1.165, 1.54) is 5.56 Å². The maximum Gasteiger partial charge on any atom is 0.119 e.